The number of hydrogen-bond acceptors (Lipinski definition) is 5. The summed E-state index contributed by atoms with van der Waals surface area (Å²) in [5.74, 6) is 0.381. The molecule has 2 heterocycles. The summed E-state index contributed by atoms with van der Waals surface area (Å²) in [6.45, 7) is 3.62. The molecule has 0 unspecified atom stereocenters. The molecule has 3 aromatic rings. The number of nitrogens with zero attached hydrogens (tertiary/aromatic N) is 2. The van der Waals surface area contributed by atoms with Crippen molar-refractivity contribution < 1.29 is 18.7 Å². The largest absolute Gasteiger partial charge is 0.492 e. The van der Waals surface area contributed by atoms with Gasteiger partial charge in [-0.2, -0.15) is 0 Å². The molecule has 152 valence electrons. The summed E-state index contributed by atoms with van der Waals surface area (Å²) in [6, 6.07) is 11.8. The first-order valence-corrected chi connectivity index (χ1v) is 10.4. The Morgan fingerprint density at radius 1 is 1.28 bits per heavy atom. The lowest BCUT2D eigenvalue weighted by Gasteiger charge is -2.31. The van der Waals surface area contributed by atoms with Crippen molar-refractivity contribution in [3.05, 3.63) is 48.3 Å². The van der Waals surface area contributed by atoms with Gasteiger partial charge in [0.1, 0.15) is 17.7 Å². The molecule has 0 spiro atoms. The van der Waals surface area contributed by atoms with Crippen LogP contribution in [0.5, 0.6) is 10.9 Å². The topological polar surface area (TPSA) is 63.7 Å². The Bertz CT molecular complexity index is 1000. The second-order valence-electron chi connectivity index (χ2n) is 6.76. The second kappa shape index (κ2) is 8.65. The number of para-hydroxylation sites is 2. The van der Waals surface area contributed by atoms with Crippen molar-refractivity contribution in [1.82, 2.24) is 9.88 Å². The smallest absolute Gasteiger partial charge is 0.321 e. The molecule has 2 aromatic carbocycles. The van der Waals surface area contributed by atoms with Gasteiger partial charge in [-0.15, -0.1) is 0 Å². The third-order valence-electron chi connectivity index (χ3n) is 4.76. The van der Waals surface area contributed by atoms with Crippen LogP contribution in [0.2, 0.25) is 0 Å². The summed E-state index contributed by atoms with van der Waals surface area (Å²) >= 11 is 1.34. The minimum atomic E-state index is -0.280. The molecule has 6 nitrogen and oxygen atoms in total. The number of nitrogens with one attached hydrogen (secondary N) is 1. The Morgan fingerprint density at radius 3 is 2.86 bits per heavy atom. The number of halogens is 1. The van der Waals surface area contributed by atoms with Gasteiger partial charge in [0, 0.05) is 25.9 Å². The molecule has 0 bridgehead atoms. The third-order valence-corrected chi connectivity index (χ3v) is 5.67. The summed E-state index contributed by atoms with van der Waals surface area (Å²) < 4.78 is 25.6. The van der Waals surface area contributed by atoms with Crippen molar-refractivity contribution in [2.45, 2.75) is 25.9 Å². The van der Waals surface area contributed by atoms with E-state index in [1.165, 1.54) is 23.5 Å². The predicted octanol–water partition coefficient (Wildman–Crippen LogP) is 4.91. The monoisotopic (exact) mass is 415 g/mol. The predicted molar refractivity (Wildman–Crippen MR) is 111 cm³/mol. The van der Waals surface area contributed by atoms with Gasteiger partial charge in [0.15, 0.2) is 0 Å². The Kier molecular flexibility index (Phi) is 5.80. The number of fused-ring (bicyclic) bond motifs is 1. The molecule has 1 fully saturated rings. The van der Waals surface area contributed by atoms with E-state index in [0.29, 0.717) is 49.2 Å². The highest BCUT2D eigenvalue weighted by atomic mass is 32.1. The average Bonchev–Trinajstić information content (AvgIpc) is 3.11. The van der Waals surface area contributed by atoms with Crippen LogP contribution in [0, 0.1) is 5.82 Å². The van der Waals surface area contributed by atoms with E-state index in [1.54, 1.807) is 11.0 Å². The molecule has 4 rings (SSSR count). The fraction of sp³-hybridized carbons (Fsp3) is 0.333. The van der Waals surface area contributed by atoms with Gasteiger partial charge in [0.2, 0.25) is 0 Å². The van der Waals surface area contributed by atoms with Gasteiger partial charge < -0.3 is 19.7 Å². The minimum absolute atomic E-state index is 0.0137. The zero-order chi connectivity index (χ0) is 20.2. The Morgan fingerprint density at radius 2 is 2.07 bits per heavy atom. The number of urea groups is 1. The zero-order valence-electron chi connectivity index (χ0n) is 16.1. The molecule has 1 aromatic heterocycles. The molecule has 0 atom stereocenters. The van der Waals surface area contributed by atoms with Crippen LogP contribution in [-0.4, -0.2) is 41.7 Å². The molecule has 2 amide bonds. The lowest BCUT2D eigenvalue weighted by molar-refractivity contribution is 0.115. The number of piperidine rings is 1. The maximum absolute atomic E-state index is 13.3. The highest BCUT2D eigenvalue weighted by molar-refractivity contribution is 7.20. The number of ether oxygens (including phenoxy) is 2. The Labute approximate surface area is 172 Å². The molecule has 0 saturated carbocycles. The molecule has 1 aliphatic rings. The van der Waals surface area contributed by atoms with Crippen LogP contribution in [0.25, 0.3) is 10.2 Å². The maximum Gasteiger partial charge on any atom is 0.321 e. The molecule has 0 aliphatic carbocycles. The maximum atomic E-state index is 13.3. The summed E-state index contributed by atoms with van der Waals surface area (Å²) in [6.07, 6.45) is 1.41. The summed E-state index contributed by atoms with van der Waals surface area (Å²) in [4.78, 5) is 18.8. The molecule has 8 heteroatoms. The van der Waals surface area contributed by atoms with Gasteiger partial charge in [-0.05, 0) is 37.3 Å². The molecule has 29 heavy (non-hydrogen) atoms. The van der Waals surface area contributed by atoms with Gasteiger partial charge in [-0.3, -0.25) is 0 Å². The number of likely N-dealkylation sites (tertiary alicyclic amines) is 1. The lowest BCUT2D eigenvalue weighted by atomic mass is 10.1. The van der Waals surface area contributed by atoms with E-state index in [1.807, 2.05) is 31.2 Å². The summed E-state index contributed by atoms with van der Waals surface area (Å²) in [5, 5.41) is 3.47. The van der Waals surface area contributed by atoms with Gasteiger partial charge >= 0.3 is 6.03 Å². The first-order valence-electron chi connectivity index (χ1n) is 9.63. The van der Waals surface area contributed by atoms with Crippen molar-refractivity contribution in [3.8, 4) is 10.9 Å². The van der Waals surface area contributed by atoms with Gasteiger partial charge in [0.05, 0.1) is 22.5 Å². The average molecular weight is 415 g/mol. The zero-order valence-corrected chi connectivity index (χ0v) is 16.9. The SMILES string of the molecule is CCOc1ccccc1NC(=O)N1CCC(Oc2nc3ccc(F)cc3s2)CC1. The fourth-order valence-electron chi connectivity index (χ4n) is 3.29. The first-order chi connectivity index (χ1) is 14.1. The molecular weight excluding hydrogens is 393 g/mol. The number of rotatable bonds is 5. The number of anilines is 1. The first kappa shape index (κ1) is 19.4. The van der Waals surface area contributed by atoms with Crippen molar-refractivity contribution in [3.63, 3.8) is 0 Å². The Balaban J connectivity index is 1.32. The highest BCUT2D eigenvalue weighted by Gasteiger charge is 2.25. The fourth-order valence-corrected chi connectivity index (χ4v) is 4.20. The quantitative estimate of drug-likeness (QED) is 0.643. The number of aromatic nitrogens is 1. The number of benzene rings is 2. The van der Waals surface area contributed by atoms with Crippen LogP contribution < -0.4 is 14.8 Å². The minimum Gasteiger partial charge on any atom is -0.492 e. The highest BCUT2D eigenvalue weighted by Crippen LogP contribution is 2.30. The molecule has 1 saturated heterocycles. The summed E-state index contributed by atoms with van der Waals surface area (Å²) in [5.41, 5.74) is 1.40. The number of hydrogen-bond donors (Lipinski definition) is 1. The number of carbonyl (C=O) groups excluding carboxylic acids is 1. The van der Waals surface area contributed by atoms with Crippen LogP contribution in [0.15, 0.2) is 42.5 Å². The van der Waals surface area contributed by atoms with E-state index in [-0.39, 0.29) is 18.0 Å². The van der Waals surface area contributed by atoms with E-state index in [9.17, 15) is 9.18 Å². The van der Waals surface area contributed by atoms with Crippen molar-refractivity contribution in [2.75, 3.05) is 25.0 Å². The number of carbonyl (C=O) groups is 1. The van der Waals surface area contributed by atoms with Crippen LogP contribution in [0.1, 0.15) is 19.8 Å². The van der Waals surface area contributed by atoms with Crippen LogP contribution in [0.4, 0.5) is 14.9 Å². The van der Waals surface area contributed by atoms with E-state index in [4.69, 9.17) is 9.47 Å². The van der Waals surface area contributed by atoms with E-state index >= 15 is 0 Å². The second-order valence-corrected chi connectivity index (χ2v) is 7.75. The van der Waals surface area contributed by atoms with Crippen molar-refractivity contribution in [1.29, 1.82) is 0 Å². The van der Waals surface area contributed by atoms with E-state index in [0.717, 1.165) is 10.2 Å². The lowest BCUT2D eigenvalue weighted by Crippen LogP contribution is -2.43. The number of amides is 2. The molecule has 0 radical (unpaired) electrons. The van der Waals surface area contributed by atoms with E-state index in [2.05, 4.69) is 10.3 Å². The molecular formula is C21H22FN3O3S. The van der Waals surface area contributed by atoms with Gasteiger partial charge in [0.25, 0.3) is 5.19 Å². The van der Waals surface area contributed by atoms with Crippen LogP contribution >= 0.6 is 11.3 Å². The van der Waals surface area contributed by atoms with Gasteiger partial charge in [-0.1, -0.05) is 23.5 Å². The standard InChI is InChI=1S/C21H22FN3O3S/c1-2-27-18-6-4-3-5-16(18)23-20(26)25-11-9-15(10-12-25)28-21-24-17-8-7-14(22)13-19(17)29-21/h3-8,13,15H,2,9-12H2,1H3,(H,23,26). The van der Waals surface area contributed by atoms with Crippen LogP contribution in [-0.2, 0) is 0 Å². The van der Waals surface area contributed by atoms with E-state index < -0.39 is 0 Å². The van der Waals surface area contributed by atoms with Crippen LogP contribution in [0.3, 0.4) is 0 Å². The van der Waals surface area contributed by atoms with Crippen molar-refractivity contribution >= 4 is 33.3 Å². The normalized spacial score (nSPS) is 14.8. The third kappa shape index (κ3) is 4.59. The van der Waals surface area contributed by atoms with Gasteiger partial charge in [-0.25, -0.2) is 14.2 Å². The van der Waals surface area contributed by atoms with Crippen molar-refractivity contribution in [2.24, 2.45) is 0 Å². The molecule has 1 aliphatic heterocycles. The number of thiazole rings is 1. The Hall–Kier alpha value is -2.87. The summed E-state index contributed by atoms with van der Waals surface area (Å²) in [7, 11) is 0. The molecule has 1 N–H and O–H groups in total.